The second-order valence-corrected chi connectivity index (χ2v) is 9.08. The third kappa shape index (κ3) is 5.01. The fraction of sp³-hybridized carbons (Fsp3) is 0.381. The van der Waals surface area contributed by atoms with Crippen molar-refractivity contribution in [2.45, 2.75) is 25.2 Å². The van der Waals surface area contributed by atoms with Crippen molar-refractivity contribution in [3.05, 3.63) is 59.4 Å². The highest BCUT2D eigenvalue weighted by Crippen LogP contribution is 2.21. The summed E-state index contributed by atoms with van der Waals surface area (Å²) in [7, 11) is -3.65. The molecule has 1 amide bonds. The van der Waals surface area contributed by atoms with Crippen molar-refractivity contribution < 1.29 is 17.6 Å². The fourth-order valence-electron chi connectivity index (χ4n) is 3.47. The molecule has 0 aromatic heterocycles. The van der Waals surface area contributed by atoms with E-state index in [9.17, 15) is 17.6 Å². The SMILES string of the molecule is CCc1cccc(C)c1NC(=O)CN1CCN(S(=O)(=O)c2ccc(F)cc2)CC1. The molecule has 29 heavy (non-hydrogen) atoms. The predicted octanol–water partition coefficient (Wildman–Crippen LogP) is 2.64. The lowest BCUT2D eigenvalue weighted by Gasteiger charge is -2.33. The van der Waals surface area contributed by atoms with Crippen LogP contribution in [0.1, 0.15) is 18.1 Å². The van der Waals surface area contributed by atoms with E-state index in [2.05, 4.69) is 5.32 Å². The van der Waals surface area contributed by atoms with Crippen molar-refractivity contribution in [2.24, 2.45) is 0 Å². The van der Waals surface area contributed by atoms with Crippen LogP contribution in [0.4, 0.5) is 10.1 Å². The van der Waals surface area contributed by atoms with Gasteiger partial charge in [-0.15, -0.1) is 0 Å². The largest absolute Gasteiger partial charge is 0.324 e. The summed E-state index contributed by atoms with van der Waals surface area (Å²) >= 11 is 0. The normalized spacial score (nSPS) is 16.0. The van der Waals surface area contributed by atoms with E-state index < -0.39 is 15.8 Å². The second-order valence-electron chi connectivity index (χ2n) is 7.14. The van der Waals surface area contributed by atoms with Crippen LogP contribution >= 0.6 is 0 Å². The second kappa shape index (κ2) is 9.02. The highest BCUT2D eigenvalue weighted by atomic mass is 32.2. The number of hydrogen-bond donors (Lipinski definition) is 1. The molecule has 8 heteroatoms. The van der Waals surface area contributed by atoms with Crippen molar-refractivity contribution >= 4 is 21.6 Å². The van der Waals surface area contributed by atoms with Gasteiger partial charge in [0.1, 0.15) is 5.82 Å². The van der Waals surface area contributed by atoms with Gasteiger partial charge < -0.3 is 5.32 Å². The number of halogens is 1. The van der Waals surface area contributed by atoms with E-state index in [4.69, 9.17) is 0 Å². The van der Waals surface area contributed by atoms with Gasteiger partial charge in [-0.25, -0.2) is 12.8 Å². The fourth-order valence-corrected chi connectivity index (χ4v) is 4.89. The molecule has 1 aliphatic rings. The molecule has 2 aromatic carbocycles. The lowest BCUT2D eigenvalue weighted by Crippen LogP contribution is -2.50. The standard InChI is InChI=1S/C21H26FN3O3S/c1-3-17-6-4-5-16(2)21(17)23-20(26)15-24-11-13-25(14-12-24)29(27,28)19-9-7-18(22)8-10-19/h4-10H,3,11-15H2,1-2H3,(H,23,26). The number of para-hydroxylation sites is 1. The van der Waals surface area contributed by atoms with Crippen LogP contribution in [0, 0.1) is 12.7 Å². The van der Waals surface area contributed by atoms with Gasteiger partial charge in [0.2, 0.25) is 15.9 Å². The first-order chi connectivity index (χ1) is 13.8. The Bertz CT molecular complexity index is 969. The average molecular weight is 420 g/mol. The molecule has 1 fully saturated rings. The van der Waals surface area contributed by atoms with Gasteiger partial charge in [0, 0.05) is 31.9 Å². The van der Waals surface area contributed by atoms with E-state index in [-0.39, 0.29) is 30.4 Å². The molecule has 0 bridgehead atoms. The number of benzene rings is 2. The number of carbonyl (C=O) groups is 1. The van der Waals surface area contributed by atoms with Crippen molar-refractivity contribution in [3.8, 4) is 0 Å². The van der Waals surface area contributed by atoms with E-state index in [1.807, 2.05) is 36.9 Å². The first-order valence-electron chi connectivity index (χ1n) is 9.67. The Morgan fingerprint density at radius 1 is 1.07 bits per heavy atom. The van der Waals surface area contributed by atoms with Gasteiger partial charge in [0.25, 0.3) is 0 Å². The lowest BCUT2D eigenvalue weighted by molar-refractivity contribution is -0.117. The van der Waals surface area contributed by atoms with E-state index in [1.54, 1.807) is 0 Å². The smallest absolute Gasteiger partial charge is 0.243 e. The van der Waals surface area contributed by atoms with Gasteiger partial charge in [-0.3, -0.25) is 9.69 Å². The zero-order chi connectivity index (χ0) is 21.0. The quantitative estimate of drug-likeness (QED) is 0.782. The average Bonchev–Trinajstić information content (AvgIpc) is 2.70. The van der Waals surface area contributed by atoms with Crippen LogP contribution in [0.15, 0.2) is 47.4 Å². The molecule has 156 valence electrons. The Morgan fingerprint density at radius 2 is 1.72 bits per heavy atom. The van der Waals surface area contributed by atoms with Crippen LogP contribution in [-0.4, -0.2) is 56.3 Å². The topological polar surface area (TPSA) is 69.7 Å². The summed E-state index contributed by atoms with van der Waals surface area (Å²) < 4.78 is 39.8. The van der Waals surface area contributed by atoms with Crippen LogP contribution in [0.5, 0.6) is 0 Å². The molecular formula is C21H26FN3O3S. The lowest BCUT2D eigenvalue weighted by atomic mass is 10.1. The predicted molar refractivity (Wildman–Crippen MR) is 111 cm³/mol. The Balaban J connectivity index is 1.57. The van der Waals surface area contributed by atoms with E-state index in [1.165, 1.54) is 16.4 Å². The van der Waals surface area contributed by atoms with Crippen molar-refractivity contribution in [1.82, 2.24) is 9.21 Å². The third-order valence-corrected chi connectivity index (χ3v) is 7.07. The van der Waals surface area contributed by atoms with Crippen LogP contribution in [0.25, 0.3) is 0 Å². The molecule has 1 saturated heterocycles. The van der Waals surface area contributed by atoms with Crippen molar-refractivity contribution in [1.29, 1.82) is 0 Å². The van der Waals surface area contributed by atoms with Gasteiger partial charge in [-0.1, -0.05) is 25.1 Å². The maximum atomic E-state index is 13.1. The number of rotatable bonds is 6. The molecule has 6 nitrogen and oxygen atoms in total. The zero-order valence-electron chi connectivity index (χ0n) is 16.7. The number of aryl methyl sites for hydroxylation is 2. The van der Waals surface area contributed by atoms with Gasteiger partial charge in [-0.2, -0.15) is 4.31 Å². The summed E-state index contributed by atoms with van der Waals surface area (Å²) in [6.45, 7) is 5.72. The molecule has 0 atom stereocenters. The number of carbonyl (C=O) groups excluding carboxylic acids is 1. The van der Waals surface area contributed by atoms with Crippen LogP contribution < -0.4 is 5.32 Å². The molecule has 1 aliphatic heterocycles. The maximum absolute atomic E-state index is 13.1. The molecule has 1 N–H and O–H groups in total. The number of nitrogens with zero attached hydrogens (tertiary/aromatic N) is 2. The summed E-state index contributed by atoms with van der Waals surface area (Å²) in [5.74, 6) is -0.580. The number of piperazine rings is 1. The van der Waals surface area contributed by atoms with E-state index in [0.717, 1.165) is 35.4 Å². The number of amides is 1. The molecule has 3 rings (SSSR count). The summed E-state index contributed by atoms with van der Waals surface area (Å²) in [4.78, 5) is 14.5. The summed E-state index contributed by atoms with van der Waals surface area (Å²) in [5.41, 5.74) is 2.97. The van der Waals surface area contributed by atoms with Crippen LogP contribution in [-0.2, 0) is 21.2 Å². The Morgan fingerprint density at radius 3 is 2.34 bits per heavy atom. The minimum atomic E-state index is -3.65. The van der Waals surface area contributed by atoms with Gasteiger partial charge in [-0.05, 0) is 48.7 Å². The molecule has 0 radical (unpaired) electrons. The summed E-state index contributed by atoms with van der Waals surface area (Å²) in [6, 6.07) is 10.8. The number of sulfonamides is 1. The van der Waals surface area contributed by atoms with Gasteiger partial charge >= 0.3 is 0 Å². The van der Waals surface area contributed by atoms with Crippen LogP contribution in [0.3, 0.4) is 0 Å². The maximum Gasteiger partial charge on any atom is 0.243 e. The highest BCUT2D eigenvalue weighted by Gasteiger charge is 2.29. The third-order valence-electron chi connectivity index (χ3n) is 5.15. The molecule has 1 heterocycles. The first-order valence-corrected chi connectivity index (χ1v) is 11.1. The van der Waals surface area contributed by atoms with E-state index in [0.29, 0.717) is 13.1 Å². The van der Waals surface area contributed by atoms with Crippen molar-refractivity contribution in [2.75, 3.05) is 38.0 Å². The number of anilines is 1. The monoisotopic (exact) mass is 419 g/mol. The highest BCUT2D eigenvalue weighted by molar-refractivity contribution is 7.89. The zero-order valence-corrected chi connectivity index (χ0v) is 17.5. The summed E-state index contributed by atoms with van der Waals surface area (Å²) in [6.07, 6.45) is 0.831. The Labute approximate surface area is 171 Å². The van der Waals surface area contributed by atoms with E-state index >= 15 is 0 Å². The minimum absolute atomic E-state index is 0.0803. The Hall–Kier alpha value is -2.29. The Kier molecular flexibility index (Phi) is 6.66. The molecule has 0 unspecified atom stereocenters. The molecule has 0 saturated carbocycles. The molecule has 0 aliphatic carbocycles. The summed E-state index contributed by atoms with van der Waals surface area (Å²) in [5, 5.41) is 3.00. The number of hydrogen-bond acceptors (Lipinski definition) is 4. The first kappa shape index (κ1) is 21.4. The molecule has 0 spiro atoms. The number of nitrogens with one attached hydrogen (secondary N) is 1. The van der Waals surface area contributed by atoms with Crippen LogP contribution in [0.2, 0.25) is 0 Å². The molecular weight excluding hydrogens is 393 g/mol. The molecule has 2 aromatic rings. The van der Waals surface area contributed by atoms with Gasteiger partial charge in [0.05, 0.1) is 11.4 Å². The minimum Gasteiger partial charge on any atom is -0.324 e. The van der Waals surface area contributed by atoms with Crippen molar-refractivity contribution in [3.63, 3.8) is 0 Å². The van der Waals surface area contributed by atoms with Gasteiger partial charge in [0.15, 0.2) is 0 Å².